The molecule has 1 aromatic heterocycles. The lowest BCUT2D eigenvalue weighted by molar-refractivity contribution is -0.0734. The van der Waals surface area contributed by atoms with Gasteiger partial charge in [-0.05, 0) is 6.07 Å². The van der Waals surface area contributed by atoms with E-state index in [1.165, 1.54) is 4.90 Å². The Morgan fingerprint density at radius 3 is 2.86 bits per heavy atom. The lowest BCUT2D eigenvalue weighted by Crippen LogP contribution is -2.47. The zero-order valence-electron chi connectivity index (χ0n) is 12.2. The van der Waals surface area contributed by atoms with E-state index < -0.39 is 11.4 Å². The van der Waals surface area contributed by atoms with Crippen molar-refractivity contribution in [3.8, 4) is 0 Å². The first-order valence-corrected chi connectivity index (χ1v) is 6.84. The van der Waals surface area contributed by atoms with Crippen LogP contribution in [0.2, 0.25) is 0 Å². The van der Waals surface area contributed by atoms with Gasteiger partial charge < -0.3 is 20.1 Å². The Balaban J connectivity index is 2.13. The Hall–Kier alpha value is -1.73. The number of nitrogens with zero attached hydrogens (tertiary/aromatic N) is 2. The van der Waals surface area contributed by atoms with Crippen LogP contribution >= 0.6 is 0 Å². The Morgan fingerprint density at radius 2 is 2.24 bits per heavy atom. The molecule has 1 amide bonds. The highest BCUT2D eigenvalue weighted by molar-refractivity contribution is 5.98. The second kappa shape index (κ2) is 6.36. The summed E-state index contributed by atoms with van der Waals surface area (Å²) in [6.07, 6.45) is 2.00. The topological polar surface area (TPSA) is 74.7 Å². The molecule has 0 saturated carbocycles. The van der Waals surface area contributed by atoms with E-state index >= 15 is 0 Å². The van der Waals surface area contributed by atoms with Crippen molar-refractivity contribution in [2.24, 2.45) is 0 Å². The summed E-state index contributed by atoms with van der Waals surface area (Å²) in [4.78, 5) is 17.7. The van der Waals surface area contributed by atoms with Gasteiger partial charge in [0.05, 0.1) is 17.4 Å². The van der Waals surface area contributed by atoms with Gasteiger partial charge >= 0.3 is 0 Å². The molecule has 0 bridgehead atoms. The lowest BCUT2D eigenvalue weighted by Gasteiger charge is -2.35. The van der Waals surface area contributed by atoms with Crippen LogP contribution in [0.15, 0.2) is 12.3 Å². The minimum absolute atomic E-state index is 0.149. The number of carbonyl (C=O) groups excluding carboxylic acids is 1. The van der Waals surface area contributed by atoms with Crippen LogP contribution in [0, 0.1) is 5.82 Å². The van der Waals surface area contributed by atoms with Gasteiger partial charge in [0.15, 0.2) is 0 Å². The van der Waals surface area contributed by atoms with E-state index in [1.54, 1.807) is 14.1 Å². The Labute approximate surface area is 122 Å². The third-order valence-electron chi connectivity index (χ3n) is 3.62. The molecule has 0 aromatic carbocycles. The molecule has 1 aromatic rings. The Kier molecular flexibility index (Phi) is 4.74. The van der Waals surface area contributed by atoms with Crippen LogP contribution in [0.4, 0.5) is 10.2 Å². The molecule has 0 aliphatic carbocycles. The molecule has 2 N–H and O–H groups in total. The molecule has 0 atom stereocenters. The van der Waals surface area contributed by atoms with E-state index in [0.29, 0.717) is 31.9 Å². The number of nitrogens with one attached hydrogen (secondary N) is 1. The molecule has 2 heterocycles. The molecule has 1 aliphatic heterocycles. The van der Waals surface area contributed by atoms with Crippen LogP contribution in [0.1, 0.15) is 23.2 Å². The normalized spacial score (nSPS) is 17.3. The van der Waals surface area contributed by atoms with Gasteiger partial charge in [0.25, 0.3) is 5.91 Å². The average molecular weight is 297 g/mol. The second-order valence-corrected chi connectivity index (χ2v) is 5.30. The Morgan fingerprint density at radius 1 is 1.57 bits per heavy atom. The molecule has 0 unspecified atom stereocenters. The van der Waals surface area contributed by atoms with Crippen LogP contribution in [0.25, 0.3) is 0 Å². The van der Waals surface area contributed by atoms with E-state index in [-0.39, 0.29) is 18.0 Å². The van der Waals surface area contributed by atoms with E-state index in [1.807, 2.05) is 0 Å². The fourth-order valence-corrected chi connectivity index (χ4v) is 2.43. The number of hydrogen-bond donors (Lipinski definition) is 2. The van der Waals surface area contributed by atoms with Gasteiger partial charge in [-0.25, -0.2) is 9.37 Å². The molecule has 0 spiro atoms. The number of pyridine rings is 1. The van der Waals surface area contributed by atoms with Crippen molar-refractivity contribution in [1.82, 2.24) is 9.88 Å². The van der Waals surface area contributed by atoms with Crippen LogP contribution in [-0.4, -0.2) is 60.4 Å². The first-order valence-electron chi connectivity index (χ1n) is 6.84. The van der Waals surface area contributed by atoms with Gasteiger partial charge in [-0.15, -0.1) is 0 Å². The highest BCUT2D eigenvalue weighted by Gasteiger charge is 2.33. The molecule has 1 fully saturated rings. The summed E-state index contributed by atoms with van der Waals surface area (Å²) in [6, 6.07) is 1.14. The van der Waals surface area contributed by atoms with Gasteiger partial charge in [-0.3, -0.25) is 4.79 Å². The molecule has 1 aliphatic rings. The van der Waals surface area contributed by atoms with Crippen LogP contribution in [0.3, 0.4) is 0 Å². The van der Waals surface area contributed by atoms with Gasteiger partial charge in [0.2, 0.25) is 0 Å². The minimum Gasteiger partial charge on any atom is -0.388 e. The maximum Gasteiger partial charge on any atom is 0.257 e. The van der Waals surface area contributed by atoms with Crippen molar-refractivity contribution in [1.29, 1.82) is 0 Å². The van der Waals surface area contributed by atoms with E-state index in [4.69, 9.17) is 4.74 Å². The largest absolute Gasteiger partial charge is 0.388 e. The SMILES string of the molecule is CNc1ncc(F)cc1C(=O)N(C)CC1(O)CCOCC1. The third kappa shape index (κ3) is 3.68. The molecule has 116 valence electrons. The number of amides is 1. The van der Waals surface area contributed by atoms with Gasteiger partial charge in [-0.1, -0.05) is 0 Å². The number of halogens is 1. The summed E-state index contributed by atoms with van der Waals surface area (Å²) in [5, 5.41) is 13.2. The number of aromatic nitrogens is 1. The Bertz CT molecular complexity index is 518. The number of ether oxygens (including phenoxy) is 1. The van der Waals surface area contributed by atoms with Crippen LogP contribution < -0.4 is 5.32 Å². The summed E-state index contributed by atoms with van der Waals surface area (Å²) < 4.78 is 18.5. The summed E-state index contributed by atoms with van der Waals surface area (Å²) >= 11 is 0. The highest BCUT2D eigenvalue weighted by atomic mass is 19.1. The molecular weight excluding hydrogens is 277 g/mol. The number of aliphatic hydroxyl groups is 1. The van der Waals surface area contributed by atoms with Crippen LogP contribution in [0.5, 0.6) is 0 Å². The third-order valence-corrected chi connectivity index (χ3v) is 3.62. The zero-order valence-corrected chi connectivity index (χ0v) is 12.2. The standard InChI is InChI=1S/C14H20FN3O3/c1-16-12-11(7-10(15)8-17-12)13(19)18(2)9-14(20)3-5-21-6-4-14/h7-8,20H,3-6,9H2,1-2H3,(H,16,17). The highest BCUT2D eigenvalue weighted by Crippen LogP contribution is 2.23. The summed E-state index contributed by atoms with van der Waals surface area (Å²) in [5.41, 5.74) is -0.806. The predicted molar refractivity (Wildman–Crippen MR) is 75.7 cm³/mol. The van der Waals surface area contributed by atoms with Crippen molar-refractivity contribution in [3.05, 3.63) is 23.6 Å². The zero-order chi connectivity index (χ0) is 15.5. The summed E-state index contributed by atoms with van der Waals surface area (Å²) in [7, 11) is 3.20. The average Bonchev–Trinajstić information content (AvgIpc) is 2.46. The lowest BCUT2D eigenvalue weighted by atomic mass is 9.94. The second-order valence-electron chi connectivity index (χ2n) is 5.30. The first-order chi connectivity index (χ1) is 9.95. The monoisotopic (exact) mass is 297 g/mol. The predicted octanol–water partition coefficient (Wildman–Crippen LogP) is 0.876. The van der Waals surface area contributed by atoms with Crippen molar-refractivity contribution < 1.29 is 19.0 Å². The van der Waals surface area contributed by atoms with Gasteiger partial charge in [0, 0.05) is 46.7 Å². The number of carbonyl (C=O) groups is 1. The molecule has 2 rings (SSSR count). The number of rotatable bonds is 4. The summed E-state index contributed by atoms with van der Waals surface area (Å²) in [6.45, 7) is 1.12. The van der Waals surface area contributed by atoms with E-state index in [9.17, 15) is 14.3 Å². The first kappa shape index (κ1) is 15.7. The van der Waals surface area contributed by atoms with Gasteiger partial charge in [0.1, 0.15) is 11.6 Å². The minimum atomic E-state index is -0.955. The molecule has 21 heavy (non-hydrogen) atoms. The van der Waals surface area contributed by atoms with Crippen molar-refractivity contribution in [3.63, 3.8) is 0 Å². The molecule has 1 saturated heterocycles. The van der Waals surface area contributed by atoms with Crippen molar-refractivity contribution in [2.45, 2.75) is 18.4 Å². The van der Waals surface area contributed by atoms with E-state index in [2.05, 4.69) is 10.3 Å². The maximum absolute atomic E-state index is 13.3. The number of hydrogen-bond acceptors (Lipinski definition) is 5. The maximum atomic E-state index is 13.3. The molecule has 7 heteroatoms. The number of likely N-dealkylation sites (N-methyl/N-ethyl adjacent to an activating group) is 1. The van der Waals surface area contributed by atoms with Crippen molar-refractivity contribution >= 4 is 11.7 Å². The fraction of sp³-hybridized carbons (Fsp3) is 0.571. The van der Waals surface area contributed by atoms with Crippen molar-refractivity contribution in [2.75, 3.05) is 39.2 Å². The van der Waals surface area contributed by atoms with Crippen LogP contribution in [-0.2, 0) is 4.74 Å². The number of anilines is 1. The van der Waals surface area contributed by atoms with Gasteiger partial charge in [-0.2, -0.15) is 0 Å². The molecule has 0 radical (unpaired) electrons. The van der Waals surface area contributed by atoms with E-state index in [0.717, 1.165) is 12.3 Å². The quantitative estimate of drug-likeness (QED) is 0.863. The smallest absolute Gasteiger partial charge is 0.257 e. The summed E-state index contributed by atoms with van der Waals surface area (Å²) in [5.74, 6) is -0.644. The molecular formula is C14H20FN3O3. The molecule has 6 nitrogen and oxygen atoms in total. The fourth-order valence-electron chi connectivity index (χ4n) is 2.43.